The molecule has 2 fully saturated rings. The summed E-state index contributed by atoms with van der Waals surface area (Å²) in [5, 5.41) is 6.27. The molecule has 2 N–H and O–H groups in total. The predicted molar refractivity (Wildman–Crippen MR) is 138 cm³/mol. The van der Waals surface area contributed by atoms with Crippen LogP contribution in [0, 0.1) is 11.8 Å². The summed E-state index contributed by atoms with van der Waals surface area (Å²) in [5.41, 5.74) is 0.484. The Morgan fingerprint density at radius 3 is 2.64 bits per heavy atom. The van der Waals surface area contributed by atoms with Gasteiger partial charge in [-0.05, 0) is 71.6 Å². The Balaban J connectivity index is 1.58. The molecule has 9 nitrogen and oxygen atoms in total. The van der Waals surface area contributed by atoms with Gasteiger partial charge in [0.25, 0.3) is 5.91 Å². The Hall–Kier alpha value is -2.65. The Bertz CT molecular complexity index is 990. The topological polar surface area (TPSA) is 100 Å². The van der Waals surface area contributed by atoms with Crippen molar-refractivity contribution >= 4 is 29.1 Å². The summed E-state index contributed by atoms with van der Waals surface area (Å²) in [6, 6.07) is 5.88. The van der Waals surface area contributed by atoms with Gasteiger partial charge in [0.05, 0.1) is 17.5 Å². The maximum Gasteiger partial charge on any atom is 0.270 e. The number of benzene rings is 1. The van der Waals surface area contributed by atoms with Crippen LogP contribution in [0.4, 0.5) is 11.4 Å². The standard InChI is InChI=1S/C27H40N4O5/c1-17(2)29-24(32)18-13-19(16-28-15-18)25(33)31(20-7-8-20)21-9-10-23-22(14-21)30(11-6-12-35-5)26(34)27(3,4)36-23/h9-10,14,17-20,28H,6-8,11-13,15-16H2,1-5H3,(H,29,32)/t18-,19?/m0/s1. The number of fused-ring (bicyclic) bond motifs is 1. The molecule has 1 aromatic carbocycles. The van der Waals surface area contributed by atoms with Crippen LogP contribution in [0.3, 0.4) is 0 Å². The predicted octanol–water partition coefficient (Wildman–Crippen LogP) is 2.47. The van der Waals surface area contributed by atoms with E-state index in [4.69, 9.17) is 9.47 Å². The van der Waals surface area contributed by atoms with Crippen LogP contribution >= 0.6 is 0 Å². The fraction of sp³-hybridized carbons (Fsp3) is 0.667. The summed E-state index contributed by atoms with van der Waals surface area (Å²) in [4.78, 5) is 43.3. The minimum Gasteiger partial charge on any atom is -0.476 e. The van der Waals surface area contributed by atoms with Crippen LogP contribution in [0.25, 0.3) is 0 Å². The molecule has 3 amide bonds. The minimum absolute atomic E-state index is 0.00766. The van der Waals surface area contributed by atoms with E-state index in [0.29, 0.717) is 50.5 Å². The number of piperidine rings is 1. The number of rotatable bonds is 9. The van der Waals surface area contributed by atoms with E-state index in [-0.39, 0.29) is 41.6 Å². The lowest BCUT2D eigenvalue weighted by molar-refractivity contribution is -0.132. The number of hydrogen-bond acceptors (Lipinski definition) is 6. The number of hydrogen-bond donors (Lipinski definition) is 2. The zero-order valence-corrected chi connectivity index (χ0v) is 22.1. The van der Waals surface area contributed by atoms with Gasteiger partial charge < -0.3 is 29.9 Å². The van der Waals surface area contributed by atoms with Crippen LogP contribution in [-0.2, 0) is 19.1 Å². The smallest absolute Gasteiger partial charge is 0.270 e. The largest absolute Gasteiger partial charge is 0.476 e. The molecule has 1 unspecified atom stereocenters. The lowest BCUT2D eigenvalue weighted by Gasteiger charge is -2.39. The van der Waals surface area contributed by atoms with Gasteiger partial charge in [0, 0.05) is 51.1 Å². The Labute approximate surface area is 213 Å². The van der Waals surface area contributed by atoms with E-state index in [1.165, 1.54) is 0 Å². The van der Waals surface area contributed by atoms with Crippen molar-refractivity contribution in [1.82, 2.24) is 10.6 Å². The number of anilines is 2. The fourth-order valence-electron chi connectivity index (χ4n) is 5.07. The average Bonchev–Trinajstić information content (AvgIpc) is 3.66. The second kappa shape index (κ2) is 10.8. The van der Waals surface area contributed by atoms with Crippen LogP contribution in [0.15, 0.2) is 18.2 Å². The van der Waals surface area contributed by atoms with Gasteiger partial charge in [-0.15, -0.1) is 0 Å². The SMILES string of the molecule is COCCCN1C(=O)C(C)(C)Oc2ccc(N(C(=O)C3CNC[C@@H](C(=O)NC(C)C)C3)C3CC3)cc21. The Kier molecular flexibility index (Phi) is 7.90. The number of amides is 3. The fourth-order valence-corrected chi connectivity index (χ4v) is 5.07. The van der Waals surface area contributed by atoms with E-state index in [1.807, 2.05) is 36.9 Å². The van der Waals surface area contributed by atoms with Crippen molar-refractivity contribution < 1.29 is 23.9 Å². The second-order valence-electron chi connectivity index (χ2n) is 11.0. The normalized spacial score (nSPS) is 23.2. The summed E-state index contributed by atoms with van der Waals surface area (Å²) < 4.78 is 11.2. The third kappa shape index (κ3) is 5.67. The second-order valence-corrected chi connectivity index (χ2v) is 11.0. The third-order valence-electron chi connectivity index (χ3n) is 7.02. The molecule has 1 aromatic rings. The molecular formula is C27H40N4O5. The van der Waals surface area contributed by atoms with Crippen molar-refractivity contribution in [3.05, 3.63) is 18.2 Å². The highest BCUT2D eigenvalue weighted by Gasteiger charge is 2.43. The highest BCUT2D eigenvalue weighted by Crippen LogP contribution is 2.43. The molecular weight excluding hydrogens is 460 g/mol. The van der Waals surface area contributed by atoms with Crippen molar-refractivity contribution in [3.8, 4) is 5.75 Å². The molecule has 1 aliphatic carbocycles. The molecule has 2 aliphatic heterocycles. The highest BCUT2D eigenvalue weighted by atomic mass is 16.5. The number of carbonyl (C=O) groups excluding carboxylic acids is 3. The molecule has 1 saturated heterocycles. The summed E-state index contributed by atoms with van der Waals surface area (Å²) in [6.07, 6.45) is 3.11. The number of methoxy groups -OCH3 is 1. The first kappa shape index (κ1) is 26.4. The first-order valence-corrected chi connectivity index (χ1v) is 13.1. The molecule has 4 rings (SSSR count). The maximum absolute atomic E-state index is 13.8. The summed E-state index contributed by atoms with van der Waals surface area (Å²) in [7, 11) is 1.65. The first-order valence-electron chi connectivity index (χ1n) is 13.1. The molecule has 0 radical (unpaired) electrons. The quantitative estimate of drug-likeness (QED) is 0.506. The molecule has 36 heavy (non-hydrogen) atoms. The van der Waals surface area contributed by atoms with E-state index in [1.54, 1.807) is 25.9 Å². The molecule has 198 valence electrons. The highest BCUT2D eigenvalue weighted by molar-refractivity contribution is 6.04. The van der Waals surface area contributed by atoms with E-state index in [9.17, 15) is 14.4 Å². The zero-order valence-electron chi connectivity index (χ0n) is 22.1. The minimum atomic E-state index is -0.965. The average molecular weight is 501 g/mol. The van der Waals surface area contributed by atoms with Gasteiger partial charge in [0.2, 0.25) is 11.8 Å². The molecule has 3 aliphatic rings. The summed E-state index contributed by atoms with van der Waals surface area (Å²) in [6.45, 7) is 9.62. The first-order chi connectivity index (χ1) is 17.1. The van der Waals surface area contributed by atoms with Crippen molar-refractivity contribution in [2.24, 2.45) is 11.8 Å². The van der Waals surface area contributed by atoms with Gasteiger partial charge in [0.1, 0.15) is 5.75 Å². The van der Waals surface area contributed by atoms with E-state index in [2.05, 4.69) is 10.6 Å². The van der Waals surface area contributed by atoms with Crippen molar-refractivity contribution in [1.29, 1.82) is 0 Å². The van der Waals surface area contributed by atoms with Gasteiger partial charge in [-0.2, -0.15) is 0 Å². The Morgan fingerprint density at radius 1 is 1.25 bits per heavy atom. The van der Waals surface area contributed by atoms with Crippen LogP contribution in [-0.4, -0.2) is 68.8 Å². The Morgan fingerprint density at radius 2 is 1.97 bits per heavy atom. The van der Waals surface area contributed by atoms with Gasteiger partial charge in [-0.1, -0.05) is 0 Å². The molecule has 0 spiro atoms. The van der Waals surface area contributed by atoms with Gasteiger partial charge >= 0.3 is 0 Å². The lowest BCUT2D eigenvalue weighted by Crippen LogP contribution is -2.53. The van der Waals surface area contributed by atoms with Crippen LogP contribution < -0.4 is 25.2 Å². The third-order valence-corrected chi connectivity index (χ3v) is 7.02. The maximum atomic E-state index is 13.8. The molecule has 9 heteroatoms. The molecule has 0 aromatic heterocycles. The number of nitrogens with one attached hydrogen (secondary N) is 2. The van der Waals surface area contributed by atoms with Crippen molar-refractivity contribution in [2.75, 3.05) is 43.2 Å². The number of ether oxygens (including phenoxy) is 2. The summed E-state index contributed by atoms with van der Waals surface area (Å²) in [5.74, 6) is 0.0296. The molecule has 0 bridgehead atoms. The van der Waals surface area contributed by atoms with E-state index in [0.717, 1.165) is 18.5 Å². The number of carbonyl (C=O) groups is 3. The van der Waals surface area contributed by atoms with Gasteiger partial charge in [0.15, 0.2) is 5.60 Å². The van der Waals surface area contributed by atoms with Gasteiger partial charge in [-0.3, -0.25) is 14.4 Å². The van der Waals surface area contributed by atoms with Crippen LogP contribution in [0.5, 0.6) is 5.75 Å². The number of nitrogens with zero attached hydrogens (tertiary/aromatic N) is 2. The van der Waals surface area contributed by atoms with E-state index < -0.39 is 5.60 Å². The van der Waals surface area contributed by atoms with E-state index >= 15 is 0 Å². The molecule has 1 saturated carbocycles. The van der Waals surface area contributed by atoms with Gasteiger partial charge in [-0.25, -0.2) is 0 Å². The molecule has 2 atom stereocenters. The van der Waals surface area contributed by atoms with Crippen molar-refractivity contribution in [2.45, 2.75) is 71.1 Å². The van der Waals surface area contributed by atoms with Crippen molar-refractivity contribution in [3.63, 3.8) is 0 Å². The summed E-state index contributed by atoms with van der Waals surface area (Å²) >= 11 is 0. The van der Waals surface area contributed by atoms with Crippen LogP contribution in [0.1, 0.15) is 53.4 Å². The van der Waals surface area contributed by atoms with Crippen LogP contribution in [0.2, 0.25) is 0 Å². The monoisotopic (exact) mass is 500 g/mol. The zero-order chi connectivity index (χ0) is 26.0. The lowest BCUT2D eigenvalue weighted by atomic mass is 9.88. The molecule has 2 heterocycles.